The molecule has 3 nitrogen and oxygen atoms in total. The first-order chi connectivity index (χ1) is 5.65. The number of nitrogens with two attached hydrogens (primary N) is 1. The van der Waals surface area contributed by atoms with Crippen LogP contribution in [0.5, 0.6) is 5.75 Å². The zero-order chi connectivity index (χ0) is 9.14. The van der Waals surface area contributed by atoms with Crippen molar-refractivity contribution in [2.45, 2.75) is 0 Å². The molecule has 13 heavy (non-hydrogen) atoms. The van der Waals surface area contributed by atoms with Crippen LogP contribution in [0, 0.1) is 5.82 Å². The second kappa shape index (κ2) is 4.67. The monoisotopic (exact) mass is 205 g/mol. The van der Waals surface area contributed by atoms with E-state index in [2.05, 4.69) is 0 Å². The molecule has 72 valence electrons. The van der Waals surface area contributed by atoms with Gasteiger partial charge in [0.2, 0.25) is 0 Å². The molecule has 0 aliphatic carbocycles. The zero-order valence-electron chi connectivity index (χ0n) is 6.91. The smallest absolute Gasteiger partial charge is 0.251 e. The highest BCUT2D eigenvalue weighted by molar-refractivity contribution is 5.93. The van der Waals surface area contributed by atoms with Crippen molar-refractivity contribution in [2.75, 3.05) is 7.11 Å². The Bertz CT molecular complexity index is 317. The first-order valence-corrected chi connectivity index (χ1v) is 3.28. The minimum absolute atomic E-state index is 0. The van der Waals surface area contributed by atoms with E-state index >= 15 is 0 Å². The highest BCUT2D eigenvalue weighted by atomic mass is 35.5. The lowest BCUT2D eigenvalue weighted by Crippen LogP contribution is -2.12. The Labute approximate surface area is 81.1 Å². The average Bonchev–Trinajstić information content (AvgIpc) is 2.03. The molecule has 0 atom stereocenters. The van der Waals surface area contributed by atoms with Crippen LogP contribution in [0.15, 0.2) is 18.2 Å². The Hall–Kier alpha value is -1.29. The van der Waals surface area contributed by atoms with Crippen molar-refractivity contribution >= 4 is 18.3 Å². The number of hydrogen-bond donors (Lipinski definition) is 1. The summed E-state index contributed by atoms with van der Waals surface area (Å²) in [6.45, 7) is 0. The maximum absolute atomic E-state index is 12.9. The van der Waals surface area contributed by atoms with Gasteiger partial charge in [-0.2, -0.15) is 0 Å². The molecule has 0 bridgehead atoms. The number of halogens is 2. The van der Waals surface area contributed by atoms with Gasteiger partial charge >= 0.3 is 0 Å². The van der Waals surface area contributed by atoms with Crippen LogP contribution in [-0.2, 0) is 0 Å². The third kappa shape index (κ3) is 2.59. The van der Waals surface area contributed by atoms with Gasteiger partial charge in [-0.15, -0.1) is 12.4 Å². The SMILES string of the molecule is COc1ccc(C(N)=O)c(F)c1.Cl. The van der Waals surface area contributed by atoms with E-state index in [-0.39, 0.29) is 18.0 Å². The van der Waals surface area contributed by atoms with Crippen molar-refractivity contribution in [1.29, 1.82) is 0 Å². The number of methoxy groups -OCH3 is 1. The average molecular weight is 206 g/mol. The van der Waals surface area contributed by atoms with Gasteiger partial charge in [0.15, 0.2) is 0 Å². The van der Waals surface area contributed by atoms with Crippen molar-refractivity contribution in [3.8, 4) is 5.75 Å². The second-order valence-electron chi connectivity index (χ2n) is 2.21. The van der Waals surface area contributed by atoms with E-state index in [0.29, 0.717) is 5.75 Å². The van der Waals surface area contributed by atoms with E-state index in [4.69, 9.17) is 10.5 Å². The van der Waals surface area contributed by atoms with E-state index in [9.17, 15) is 9.18 Å². The van der Waals surface area contributed by atoms with E-state index in [1.807, 2.05) is 0 Å². The number of hydrogen-bond acceptors (Lipinski definition) is 2. The number of carbonyl (C=O) groups is 1. The van der Waals surface area contributed by atoms with Gasteiger partial charge in [-0.25, -0.2) is 4.39 Å². The van der Waals surface area contributed by atoms with Gasteiger partial charge in [-0.05, 0) is 12.1 Å². The van der Waals surface area contributed by atoms with Gasteiger partial charge in [-0.1, -0.05) is 0 Å². The highest BCUT2D eigenvalue weighted by Gasteiger charge is 2.07. The molecule has 0 aliphatic heterocycles. The Balaban J connectivity index is 0.00000144. The molecular formula is C8H9ClFNO2. The van der Waals surface area contributed by atoms with Crippen LogP contribution >= 0.6 is 12.4 Å². The fraction of sp³-hybridized carbons (Fsp3) is 0.125. The van der Waals surface area contributed by atoms with Crippen LogP contribution in [0.4, 0.5) is 4.39 Å². The van der Waals surface area contributed by atoms with Crippen molar-refractivity contribution in [1.82, 2.24) is 0 Å². The third-order valence-corrected chi connectivity index (χ3v) is 1.44. The van der Waals surface area contributed by atoms with Crippen molar-refractivity contribution in [3.63, 3.8) is 0 Å². The predicted molar refractivity (Wildman–Crippen MR) is 48.7 cm³/mol. The predicted octanol–water partition coefficient (Wildman–Crippen LogP) is 1.35. The summed E-state index contributed by atoms with van der Waals surface area (Å²) in [5.41, 5.74) is 4.76. The fourth-order valence-corrected chi connectivity index (χ4v) is 0.823. The molecular weight excluding hydrogens is 197 g/mol. The maximum atomic E-state index is 12.9. The molecule has 0 saturated carbocycles. The summed E-state index contributed by atoms with van der Waals surface area (Å²) in [5.74, 6) is -1.09. The summed E-state index contributed by atoms with van der Waals surface area (Å²) < 4.78 is 17.6. The lowest BCUT2D eigenvalue weighted by Gasteiger charge is -2.01. The van der Waals surface area contributed by atoms with Gasteiger partial charge in [0.25, 0.3) is 5.91 Å². The number of rotatable bonds is 2. The van der Waals surface area contributed by atoms with E-state index < -0.39 is 11.7 Å². The normalized spacial score (nSPS) is 8.77. The number of carbonyl (C=O) groups excluding carboxylic acids is 1. The summed E-state index contributed by atoms with van der Waals surface area (Å²) in [6, 6.07) is 3.87. The number of amides is 1. The van der Waals surface area contributed by atoms with Crippen LogP contribution < -0.4 is 10.5 Å². The lowest BCUT2D eigenvalue weighted by atomic mass is 10.2. The van der Waals surface area contributed by atoms with Crippen LogP contribution in [0.25, 0.3) is 0 Å². The Kier molecular flexibility index (Phi) is 4.20. The van der Waals surface area contributed by atoms with Crippen molar-refractivity contribution in [3.05, 3.63) is 29.6 Å². The standard InChI is InChI=1S/C8H8FNO2.ClH/c1-12-5-2-3-6(8(10)11)7(9)4-5;/h2-4H,1H3,(H2,10,11);1H. The topological polar surface area (TPSA) is 52.3 Å². The van der Waals surface area contributed by atoms with Crippen LogP contribution in [-0.4, -0.2) is 13.0 Å². The largest absolute Gasteiger partial charge is 0.497 e. The molecule has 0 fully saturated rings. The van der Waals surface area contributed by atoms with E-state index in [1.54, 1.807) is 0 Å². The summed E-state index contributed by atoms with van der Waals surface area (Å²) in [4.78, 5) is 10.6. The van der Waals surface area contributed by atoms with Crippen LogP contribution in [0.2, 0.25) is 0 Å². The van der Waals surface area contributed by atoms with Gasteiger partial charge in [0.1, 0.15) is 11.6 Å². The molecule has 0 heterocycles. The first kappa shape index (κ1) is 11.7. The maximum Gasteiger partial charge on any atom is 0.251 e. The second-order valence-corrected chi connectivity index (χ2v) is 2.21. The summed E-state index contributed by atoms with van der Waals surface area (Å²) >= 11 is 0. The van der Waals surface area contributed by atoms with Gasteiger partial charge < -0.3 is 10.5 Å². The molecule has 1 aromatic carbocycles. The molecule has 2 N–H and O–H groups in total. The van der Waals surface area contributed by atoms with Crippen LogP contribution in [0.3, 0.4) is 0 Å². The molecule has 0 spiro atoms. The minimum atomic E-state index is -0.782. The summed E-state index contributed by atoms with van der Waals surface area (Å²) in [6.07, 6.45) is 0. The molecule has 0 aliphatic rings. The van der Waals surface area contributed by atoms with Crippen molar-refractivity contribution in [2.24, 2.45) is 5.73 Å². The highest BCUT2D eigenvalue weighted by Crippen LogP contribution is 2.15. The Morgan fingerprint density at radius 2 is 2.15 bits per heavy atom. The summed E-state index contributed by atoms with van der Waals surface area (Å²) in [7, 11) is 1.42. The lowest BCUT2D eigenvalue weighted by molar-refractivity contribution is 0.0996. The molecule has 0 unspecified atom stereocenters. The molecule has 0 aromatic heterocycles. The van der Waals surface area contributed by atoms with Crippen LogP contribution in [0.1, 0.15) is 10.4 Å². The number of primary amides is 1. The molecule has 0 saturated heterocycles. The zero-order valence-corrected chi connectivity index (χ0v) is 7.73. The Morgan fingerprint density at radius 3 is 2.54 bits per heavy atom. The summed E-state index contributed by atoms with van der Waals surface area (Å²) in [5, 5.41) is 0. The molecule has 1 rings (SSSR count). The fourth-order valence-electron chi connectivity index (χ4n) is 0.823. The first-order valence-electron chi connectivity index (χ1n) is 3.28. The quantitative estimate of drug-likeness (QED) is 0.793. The molecule has 1 amide bonds. The van der Waals surface area contributed by atoms with Gasteiger partial charge in [-0.3, -0.25) is 4.79 Å². The van der Waals surface area contributed by atoms with E-state index in [0.717, 1.165) is 6.07 Å². The number of ether oxygens (including phenoxy) is 1. The minimum Gasteiger partial charge on any atom is -0.497 e. The Morgan fingerprint density at radius 1 is 1.54 bits per heavy atom. The molecule has 0 radical (unpaired) electrons. The van der Waals surface area contributed by atoms with E-state index in [1.165, 1.54) is 19.2 Å². The van der Waals surface area contributed by atoms with Gasteiger partial charge in [0, 0.05) is 6.07 Å². The van der Waals surface area contributed by atoms with Gasteiger partial charge in [0.05, 0.1) is 12.7 Å². The molecule has 1 aromatic rings. The van der Waals surface area contributed by atoms with Crippen molar-refractivity contribution < 1.29 is 13.9 Å². The number of benzene rings is 1. The molecule has 5 heteroatoms. The third-order valence-electron chi connectivity index (χ3n) is 1.44.